The third-order valence-electron chi connectivity index (χ3n) is 4.84. The number of carbonyl (C=O) groups is 3. The van der Waals surface area contributed by atoms with Gasteiger partial charge in [-0.1, -0.05) is 19.1 Å². The zero-order chi connectivity index (χ0) is 22.5. The molecule has 1 saturated heterocycles. The van der Waals surface area contributed by atoms with E-state index in [1.165, 1.54) is 23.4 Å². The van der Waals surface area contributed by atoms with E-state index >= 15 is 0 Å². The molecule has 1 aromatic carbocycles. The first-order valence-corrected chi connectivity index (χ1v) is 9.63. The summed E-state index contributed by atoms with van der Waals surface area (Å²) in [7, 11) is 0. The first-order chi connectivity index (χ1) is 14.4. The van der Waals surface area contributed by atoms with Crippen LogP contribution in [0.15, 0.2) is 24.3 Å². The molecule has 1 aliphatic heterocycles. The van der Waals surface area contributed by atoms with Crippen LogP contribution in [0.5, 0.6) is 0 Å². The number of carboxylic acid groups (broad SMARTS) is 3. The van der Waals surface area contributed by atoms with Gasteiger partial charge < -0.3 is 20.3 Å². The van der Waals surface area contributed by atoms with Crippen molar-refractivity contribution in [2.75, 3.05) is 13.1 Å². The molecule has 1 fully saturated rings. The van der Waals surface area contributed by atoms with Crippen LogP contribution in [0, 0.1) is 12.8 Å². The van der Waals surface area contributed by atoms with E-state index in [2.05, 4.69) is 28.7 Å². The van der Waals surface area contributed by atoms with E-state index in [9.17, 15) is 4.79 Å². The van der Waals surface area contributed by atoms with Gasteiger partial charge in [0.05, 0.1) is 11.3 Å². The molecule has 0 spiro atoms. The molecule has 1 aromatic heterocycles. The van der Waals surface area contributed by atoms with E-state index < -0.39 is 5.97 Å². The second kappa shape index (κ2) is 13.1. The minimum absolute atomic E-state index is 0.250. The molecule has 30 heavy (non-hydrogen) atoms. The van der Waals surface area contributed by atoms with Crippen molar-refractivity contribution in [3.8, 4) is 0 Å². The van der Waals surface area contributed by atoms with Gasteiger partial charge >= 0.3 is 5.97 Å². The van der Waals surface area contributed by atoms with E-state index in [1.807, 2.05) is 12.1 Å². The van der Waals surface area contributed by atoms with Gasteiger partial charge in [-0.3, -0.25) is 14.5 Å². The molecule has 0 saturated carbocycles. The average Bonchev–Trinajstić information content (AvgIpc) is 3.30. The molecule has 0 bridgehead atoms. The third-order valence-corrected chi connectivity index (χ3v) is 4.84. The van der Waals surface area contributed by atoms with Crippen LogP contribution in [0.4, 0.5) is 0 Å². The molecule has 0 radical (unpaired) electrons. The molecule has 1 unspecified atom stereocenters. The highest BCUT2D eigenvalue weighted by Gasteiger charge is 2.24. The summed E-state index contributed by atoms with van der Waals surface area (Å²) < 4.78 is 0. The topological polar surface area (TPSA) is 144 Å². The number of imidazole rings is 1. The molecule has 9 nitrogen and oxygen atoms in total. The van der Waals surface area contributed by atoms with Gasteiger partial charge in [-0.25, -0.2) is 9.78 Å². The van der Waals surface area contributed by atoms with Crippen molar-refractivity contribution in [3.05, 3.63) is 52.6 Å². The van der Waals surface area contributed by atoms with Gasteiger partial charge in [-0.2, -0.15) is 0 Å². The molecule has 3 rings (SSSR count). The molecule has 9 heteroatoms. The number of rotatable bonds is 6. The maximum Gasteiger partial charge on any atom is 0.335 e. The molecular formula is C21H29N3O6. The predicted molar refractivity (Wildman–Crippen MR) is 111 cm³/mol. The van der Waals surface area contributed by atoms with Crippen LogP contribution in [0.1, 0.15) is 46.5 Å². The van der Waals surface area contributed by atoms with Gasteiger partial charge in [-0.05, 0) is 49.9 Å². The van der Waals surface area contributed by atoms with Gasteiger partial charge in [0.25, 0.3) is 12.9 Å². The molecule has 164 valence electrons. The Kier molecular flexibility index (Phi) is 10.8. The number of hydrogen-bond donors (Lipinski definition) is 4. The largest absolute Gasteiger partial charge is 0.483 e. The van der Waals surface area contributed by atoms with Crippen molar-refractivity contribution >= 4 is 18.9 Å². The van der Waals surface area contributed by atoms with E-state index in [1.54, 1.807) is 12.1 Å². The maximum atomic E-state index is 10.9. The zero-order valence-electron chi connectivity index (χ0n) is 17.2. The lowest BCUT2D eigenvalue weighted by molar-refractivity contribution is -0.123. The number of nitrogens with one attached hydrogen (secondary N) is 1. The van der Waals surface area contributed by atoms with Crippen molar-refractivity contribution in [2.45, 2.75) is 39.7 Å². The Hall–Kier alpha value is -3.20. The minimum Gasteiger partial charge on any atom is -0.483 e. The van der Waals surface area contributed by atoms with Crippen LogP contribution in [0.25, 0.3) is 0 Å². The van der Waals surface area contributed by atoms with Gasteiger partial charge in [0, 0.05) is 25.2 Å². The van der Waals surface area contributed by atoms with Crippen molar-refractivity contribution in [3.63, 3.8) is 0 Å². The summed E-state index contributed by atoms with van der Waals surface area (Å²) in [5, 5.41) is 22.7. The highest BCUT2D eigenvalue weighted by Crippen LogP contribution is 2.23. The lowest BCUT2D eigenvalue weighted by Crippen LogP contribution is -2.21. The number of H-pyrrole nitrogens is 1. The fraction of sp³-hybridized carbons (Fsp3) is 0.429. The smallest absolute Gasteiger partial charge is 0.335 e. The minimum atomic E-state index is -0.866. The monoisotopic (exact) mass is 419 g/mol. The normalized spacial score (nSPS) is 15.3. The highest BCUT2D eigenvalue weighted by atomic mass is 16.4. The molecule has 0 aliphatic carbocycles. The number of hydrogen-bond acceptors (Lipinski definition) is 5. The molecule has 2 aromatic rings. The average molecular weight is 419 g/mol. The zero-order valence-corrected chi connectivity index (χ0v) is 17.2. The Morgan fingerprint density at radius 2 is 1.83 bits per heavy atom. The van der Waals surface area contributed by atoms with Crippen molar-refractivity contribution < 1.29 is 29.7 Å². The first kappa shape index (κ1) is 24.8. The number of carboxylic acids is 1. The highest BCUT2D eigenvalue weighted by molar-refractivity contribution is 5.87. The number of aryl methyl sites for hydroxylation is 2. The first-order valence-electron chi connectivity index (χ1n) is 9.63. The lowest BCUT2D eigenvalue weighted by atomic mass is 9.98. The van der Waals surface area contributed by atoms with Gasteiger partial charge in [0.1, 0.15) is 5.82 Å². The molecule has 1 atom stereocenters. The Morgan fingerprint density at radius 3 is 2.33 bits per heavy atom. The van der Waals surface area contributed by atoms with Crippen molar-refractivity contribution in [1.82, 2.24) is 14.9 Å². The lowest BCUT2D eigenvalue weighted by Gasteiger charge is -2.15. The van der Waals surface area contributed by atoms with Gasteiger partial charge in [0.2, 0.25) is 0 Å². The van der Waals surface area contributed by atoms with E-state index in [4.69, 9.17) is 24.9 Å². The SMILES string of the molecule is CCc1nc(CN2CCC(Cc3ccc(C(=O)O)cc3)C2)c(C)[nH]1.O=CO.O=CO. The Labute approximate surface area is 175 Å². The Bertz CT molecular complexity index is 798. The summed E-state index contributed by atoms with van der Waals surface area (Å²) in [5.41, 5.74) is 3.92. The summed E-state index contributed by atoms with van der Waals surface area (Å²) in [6.45, 7) is 6.81. The summed E-state index contributed by atoms with van der Waals surface area (Å²) in [4.78, 5) is 38.1. The number of benzene rings is 1. The maximum absolute atomic E-state index is 10.9. The predicted octanol–water partition coefficient (Wildman–Crippen LogP) is 2.44. The van der Waals surface area contributed by atoms with Crippen LogP contribution in [0.3, 0.4) is 0 Å². The number of aromatic carboxylic acids is 1. The van der Waals surface area contributed by atoms with Crippen LogP contribution < -0.4 is 0 Å². The van der Waals surface area contributed by atoms with Crippen LogP contribution >= 0.6 is 0 Å². The molecule has 0 amide bonds. The molecule has 1 aliphatic rings. The number of aromatic amines is 1. The Morgan fingerprint density at radius 1 is 1.23 bits per heavy atom. The summed E-state index contributed by atoms with van der Waals surface area (Å²) in [5.74, 6) is 0.830. The summed E-state index contributed by atoms with van der Waals surface area (Å²) in [6.07, 6.45) is 3.14. The summed E-state index contributed by atoms with van der Waals surface area (Å²) >= 11 is 0. The van der Waals surface area contributed by atoms with Crippen LogP contribution in [-0.2, 0) is 29.0 Å². The molecule has 2 heterocycles. The fourth-order valence-electron chi connectivity index (χ4n) is 3.44. The van der Waals surface area contributed by atoms with Gasteiger partial charge in [-0.15, -0.1) is 0 Å². The van der Waals surface area contributed by atoms with E-state index in [0.29, 0.717) is 11.5 Å². The van der Waals surface area contributed by atoms with Crippen molar-refractivity contribution in [2.24, 2.45) is 5.92 Å². The standard InChI is InChI=1S/C19H25N3O2.2CH2O2/c1-3-18-20-13(2)17(21-18)12-22-9-8-15(11-22)10-14-4-6-16(7-5-14)19(23)24;2*2-1-3/h4-7,15H,3,8-12H2,1-2H3,(H,20,21)(H,23,24);2*1H,(H,2,3). The molecular weight excluding hydrogens is 390 g/mol. The summed E-state index contributed by atoms with van der Waals surface area (Å²) in [6, 6.07) is 7.28. The number of nitrogens with zero attached hydrogens (tertiary/aromatic N) is 2. The fourth-order valence-corrected chi connectivity index (χ4v) is 3.44. The van der Waals surface area contributed by atoms with Crippen molar-refractivity contribution in [1.29, 1.82) is 0 Å². The quantitative estimate of drug-likeness (QED) is 0.523. The van der Waals surface area contributed by atoms with E-state index in [0.717, 1.165) is 38.3 Å². The third kappa shape index (κ3) is 8.04. The van der Waals surface area contributed by atoms with E-state index in [-0.39, 0.29) is 12.9 Å². The van der Waals surface area contributed by atoms with Crippen LogP contribution in [-0.4, -0.2) is 62.2 Å². The van der Waals surface area contributed by atoms with Gasteiger partial charge in [0.15, 0.2) is 0 Å². The second-order valence-electron chi connectivity index (χ2n) is 6.92. The number of likely N-dealkylation sites (tertiary alicyclic amines) is 1. The molecule has 4 N–H and O–H groups in total. The van der Waals surface area contributed by atoms with Crippen LogP contribution in [0.2, 0.25) is 0 Å². The second-order valence-corrected chi connectivity index (χ2v) is 6.92. The number of aromatic nitrogens is 2. The Balaban J connectivity index is 0.000000672.